The highest BCUT2D eigenvalue weighted by Gasteiger charge is 2.27. The molecule has 0 bridgehead atoms. The van der Waals surface area contributed by atoms with Crippen molar-refractivity contribution in [2.45, 2.75) is 0 Å². The van der Waals surface area contributed by atoms with Crippen molar-refractivity contribution in [3.8, 4) is 45.0 Å². The highest BCUT2D eigenvalue weighted by molar-refractivity contribution is 7.26. The fourth-order valence-corrected chi connectivity index (χ4v) is 9.00. The normalized spacial score (nSPS) is 12.3. The van der Waals surface area contributed by atoms with Crippen molar-refractivity contribution in [2.75, 3.05) is 4.90 Å². The summed E-state index contributed by atoms with van der Waals surface area (Å²) >= 11 is 1.76. The number of thiophene rings is 1. The molecule has 10 aromatic rings. The SMILES string of the molecule is c1c[nH]c(-c2ccc(-c3nc(-c4ccc(N5c6ccc7ccccc7c6-c6cccc7cccc5c67)cc4)nc4c3sc3ccccc34)cc2)c1. The van der Waals surface area contributed by atoms with Gasteiger partial charge in [-0.15, -0.1) is 11.3 Å². The maximum Gasteiger partial charge on any atom is 0.160 e. The van der Waals surface area contributed by atoms with Crippen LogP contribution < -0.4 is 4.90 Å². The van der Waals surface area contributed by atoms with E-state index >= 15 is 0 Å². The van der Waals surface area contributed by atoms with Gasteiger partial charge in [0.1, 0.15) is 0 Å². The molecule has 1 aliphatic heterocycles. The summed E-state index contributed by atoms with van der Waals surface area (Å²) in [5.41, 5.74) is 12.3. The van der Waals surface area contributed by atoms with Gasteiger partial charge in [0, 0.05) is 49.7 Å². The lowest BCUT2D eigenvalue weighted by Gasteiger charge is -2.34. The molecule has 7 aromatic carbocycles. The minimum atomic E-state index is 0.721. The average molecular weight is 669 g/mol. The topological polar surface area (TPSA) is 44.8 Å². The molecule has 0 radical (unpaired) electrons. The van der Waals surface area contributed by atoms with Crippen LogP contribution in [0, 0.1) is 0 Å². The minimum absolute atomic E-state index is 0.721. The second kappa shape index (κ2) is 11.0. The molecule has 5 heteroatoms. The predicted octanol–water partition coefficient (Wildman–Crippen LogP) is 12.9. The van der Waals surface area contributed by atoms with E-state index in [1.54, 1.807) is 11.3 Å². The van der Waals surface area contributed by atoms with Gasteiger partial charge in [-0.05, 0) is 81.9 Å². The molecule has 0 unspecified atom stereocenters. The highest BCUT2D eigenvalue weighted by atomic mass is 32.1. The Balaban J connectivity index is 1.07. The monoisotopic (exact) mass is 668 g/mol. The highest BCUT2D eigenvalue weighted by Crippen LogP contribution is 2.53. The van der Waals surface area contributed by atoms with E-state index in [1.165, 1.54) is 48.7 Å². The quantitative estimate of drug-likeness (QED) is 0.203. The molecule has 0 spiro atoms. The van der Waals surface area contributed by atoms with Gasteiger partial charge in [0.2, 0.25) is 0 Å². The number of fused-ring (bicyclic) bond motifs is 7. The summed E-state index contributed by atoms with van der Waals surface area (Å²) in [5.74, 6) is 0.721. The van der Waals surface area contributed by atoms with Crippen molar-refractivity contribution in [3.63, 3.8) is 0 Å². The molecule has 4 nitrogen and oxygen atoms in total. The first-order chi connectivity index (χ1) is 25.3. The summed E-state index contributed by atoms with van der Waals surface area (Å²) in [7, 11) is 0. The Labute approximate surface area is 297 Å². The van der Waals surface area contributed by atoms with Gasteiger partial charge < -0.3 is 9.88 Å². The summed E-state index contributed by atoms with van der Waals surface area (Å²) in [4.78, 5) is 16.2. The number of aromatic nitrogens is 3. The van der Waals surface area contributed by atoms with Gasteiger partial charge in [-0.25, -0.2) is 9.97 Å². The van der Waals surface area contributed by atoms with Crippen LogP contribution >= 0.6 is 11.3 Å². The van der Waals surface area contributed by atoms with E-state index < -0.39 is 0 Å². The number of hydrogen-bond donors (Lipinski definition) is 1. The Morgan fingerprint density at radius 3 is 2.12 bits per heavy atom. The third-order valence-electron chi connectivity index (χ3n) is 10.2. The maximum atomic E-state index is 5.28. The van der Waals surface area contributed by atoms with E-state index in [2.05, 4.69) is 162 Å². The van der Waals surface area contributed by atoms with Crippen LogP contribution in [0.25, 0.3) is 86.9 Å². The number of hydrogen-bond acceptors (Lipinski definition) is 4. The molecule has 0 fully saturated rings. The van der Waals surface area contributed by atoms with Gasteiger partial charge in [-0.2, -0.15) is 0 Å². The van der Waals surface area contributed by atoms with Crippen molar-refractivity contribution in [2.24, 2.45) is 0 Å². The predicted molar refractivity (Wildman–Crippen MR) is 214 cm³/mol. The first kappa shape index (κ1) is 28.3. The van der Waals surface area contributed by atoms with Crippen LogP contribution in [0.4, 0.5) is 17.1 Å². The molecule has 0 aliphatic carbocycles. The first-order valence-electron chi connectivity index (χ1n) is 17.2. The van der Waals surface area contributed by atoms with Crippen LogP contribution in [0.1, 0.15) is 0 Å². The lowest BCUT2D eigenvalue weighted by molar-refractivity contribution is 1.23. The van der Waals surface area contributed by atoms with Crippen LogP contribution in [-0.2, 0) is 0 Å². The second-order valence-electron chi connectivity index (χ2n) is 13.1. The Hall–Kier alpha value is -6.56. The van der Waals surface area contributed by atoms with E-state index in [9.17, 15) is 0 Å². The summed E-state index contributed by atoms with van der Waals surface area (Å²) in [5, 5.41) is 6.18. The van der Waals surface area contributed by atoms with Crippen LogP contribution in [0.2, 0.25) is 0 Å². The Kier molecular flexibility index (Phi) is 6.09. The van der Waals surface area contributed by atoms with Gasteiger partial charge in [-0.3, -0.25) is 0 Å². The minimum Gasteiger partial charge on any atom is -0.361 e. The molecule has 238 valence electrons. The van der Waals surface area contributed by atoms with Crippen molar-refractivity contribution in [1.82, 2.24) is 15.0 Å². The standard InChI is InChI=1S/C46H28N4S/c1-2-11-34-28(8-1)23-26-39-42(34)36-13-5-9-30-10-6-15-38(41(30)36)50(39)33-24-21-32(22-25-33)46-48-43(31-19-17-29(18-20-31)37-14-7-27-47-37)45-44(49-46)35-12-3-4-16-40(35)51-45/h1-27,47H. The molecule has 0 saturated carbocycles. The molecular weight excluding hydrogens is 641 g/mol. The number of nitrogens with one attached hydrogen (secondary N) is 1. The van der Waals surface area contributed by atoms with Gasteiger partial charge in [-0.1, -0.05) is 103 Å². The first-order valence-corrected chi connectivity index (χ1v) is 18.0. The molecule has 3 aromatic heterocycles. The lowest BCUT2D eigenvalue weighted by atomic mass is 9.87. The lowest BCUT2D eigenvalue weighted by Crippen LogP contribution is -2.15. The molecule has 51 heavy (non-hydrogen) atoms. The van der Waals surface area contributed by atoms with Gasteiger partial charge in [0.15, 0.2) is 5.82 Å². The van der Waals surface area contributed by atoms with E-state index in [-0.39, 0.29) is 0 Å². The van der Waals surface area contributed by atoms with Crippen LogP contribution in [0.5, 0.6) is 0 Å². The molecule has 0 amide bonds. The van der Waals surface area contributed by atoms with E-state index in [0.29, 0.717) is 0 Å². The van der Waals surface area contributed by atoms with Crippen LogP contribution in [0.15, 0.2) is 164 Å². The number of benzene rings is 7. The molecule has 1 N–H and O–H groups in total. The Morgan fingerprint density at radius 2 is 1.27 bits per heavy atom. The maximum absolute atomic E-state index is 5.28. The van der Waals surface area contributed by atoms with Crippen LogP contribution in [0.3, 0.4) is 0 Å². The van der Waals surface area contributed by atoms with Crippen molar-refractivity contribution in [1.29, 1.82) is 0 Å². The Bertz CT molecular complexity index is 2950. The summed E-state index contributed by atoms with van der Waals surface area (Å²) < 4.78 is 2.32. The zero-order chi connectivity index (χ0) is 33.5. The number of aromatic amines is 1. The largest absolute Gasteiger partial charge is 0.361 e. The molecule has 0 atom stereocenters. The number of rotatable bonds is 4. The van der Waals surface area contributed by atoms with E-state index in [4.69, 9.17) is 9.97 Å². The third kappa shape index (κ3) is 4.32. The number of H-pyrrole nitrogens is 1. The van der Waals surface area contributed by atoms with Crippen LogP contribution in [-0.4, -0.2) is 15.0 Å². The molecular formula is C46H28N4S. The van der Waals surface area contributed by atoms with E-state index in [0.717, 1.165) is 55.2 Å². The summed E-state index contributed by atoms with van der Waals surface area (Å²) in [6.45, 7) is 0. The second-order valence-corrected chi connectivity index (χ2v) is 14.1. The van der Waals surface area contributed by atoms with Crippen molar-refractivity contribution >= 4 is 70.2 Å². The van der Waals surface area contributed by atoms with Gasteiger partial charge in [0.25, 0.3) is 0 Å². The summed E-state index contributed by atoms with van der Waals surface area (Å²) in [6, 6.07) is 56.6. The number of anilines is 3. The smallest absolute Gasteiger partial charge is 0.160 e. The zero-order valence-corrected chi connectivity index (χ0v) is 28.2. The molecule has 1 aliphatic rings. The Morgan fingerprint density at radius 1 is 0.529 bits per heavy atom. The fourth-order valence-electron chi connectivity index (χ4n) is 7.85. The molecule has 4 heterocycles. The fraction of sp³-hybridized carbons (Fsp3) is 0. The third-order valence-corrected chi connectivity index (χ3v) is 11.4. The van der Waals surface area contributed by atoms with Gasteiger partial charge in [0.05, 0.1) is 27.3 Å². The average Bonchev–Trinajstić information content (AvgIpc) is 3.87. The molecule has 11 rings (SSSR count). The zero-order valence-electron chi connectivity index (χ0n) is 27.3. The molecule has 0 saturated heterocycles. The van der Waals surface area contributed by atoms with Crippen molar-refractivity contribution < 1.29 is 0 Å². The number of nitrogens with zero attached hydrogens (tertiary/aromatic N) is 3. The van der Waals surface area contributed by atoms with Crippen molar-refractivity contribution in [3.05, 3.63) is 164 Å². The van der Waals surface area contributed by atoms with Gasteiger partial charge >= 0.3 is 0 Å². The summed E-state index contributed by atoms with van der Waals surface area (Å²) in [6.07, 6.45) is 1.96. The van der Waals surface area contributed by atoms with E-state index in [1.807, 2.05) is 12.3 Å².